The van der Waals surface area contributed by atoms with Crippen LogP contribution in [0.5, 0.6) is 5.75 Å². The van der Waals surface area contributed by atoms with E-state index in [1.165, 1.54) is 0 Å². The first-order valence-electron chi connectivity index (χ1n) is 5.36. The van der Waals surface area contributed by atoms with Gasteiger partial charge in [0.15, 0.2) is 12.4 Å². The first kappa shape index (κ1) is 11.6. The molecule has 0 saturated heterocycles. The quantitative estimate of drug-likeness (QED) is 0.876. The summed E-state index contributed by atoms with van der Waals surface area (Å²) in [7, 11) is 0. The molecule has 1 aromatic heterocycles. The van der Waals surface area contributed by atoms with Gasteiger partial charge in [0.2, 0.25) is 0 Å². The second-order valence-electron chi connectivity index (χ2n) is 3.74. The van der Waals surface area contributed by atoms with Crippen LogP contribution >= 0.6 is 0 Å². The van der Waals surface area contributed by atoms with Crippen molar-refractivity contribution in [3.63, 3.8) is 0 Å². The van der Waals surface area contributed by atoms with E-state index in [1.807, 2.05) is 18.2 Å². The first-order valence-corrected chi connectivity index (χ1v) is 5.36. The van der Waals surface area contributed by atoms with Crippen LogP contribution in [0.1, 0.15) is 30.3 Å². The lowest BCUT2D eigenvalue weighted by Crippen LogP contribution is -2.01. The van der Waals surface area contributed by atoms with E-state index in [2.05, 4.69) is 10.1 Å². The fourth-order valence-electron chi connectivity index (χ4n) is 1.50. The molecule has 5 heteroatoms. The lowest BCUT2D eigenvalue weighted by molar-refractivity contribution is 0.185. The lowest BCUT2D eigenvalue weighted by atomic mass is 10.1. The number of rotatable bonds is 4. The maximum Gasteiger partial charge on any atom is 0.264 e. The van der Waals surface area contributed by atoms with Gasteiger partial charge in [0.05, 0.1) is 6.10 Å². The molecule has 1 aromatic carbocycles. The second kappa shape index (κ2) is 4.97. The van der Waals surface area contributed by atoms with Crippen molar-refractivity contribution < 1.29 is 14.4 Å². The molecule has 0 aliphatic heterocycles. The first-order chi connectivity index (χ1) is 8.16. The number of aliphatic hydroxyl groups is 1. The van der Waals surface area contributed by atoms with Crippen LogP contribution in [0, 0.1) is 6.92 Å². The predicted octanol–water partition coefficient (Wildman–Crippen LogP) is 2.01. The fraction of sp³-hybridized carbons (Fsp3) is 0.333. The molecule has 0 radical (unpaired) electrons. The molecule has 0 fully saturated rings. The molecule has 1 heterocycles. The van der Waals surface area contributed by atoms with Gasteiger partial charge in [-0.25, -0.2) is 0 Å². The SMILES string of the molecule is Cc1noc(COc2ccccc2[C@@H](C)O)n1. The van der Waals surface area contributed by atoms with Crippen LogP contribution in [-0.2, 0) is 6.61 Å². The molecule has 0 aliphatic rings. The highest BCUT2D eigenvalue weighted by molar-refractivity contribution is 5.34. The minimum absolute atomic E-state index is 0.199. The van der Waals surface area contributed by atoms with Gasteiger partial charge in [0.25, 0.3) is 5.89 Å². The highest BCUT2D eigenvalue weighted by atomic mass is 16.5. The van der Waals surface area contributed by atoms with E-state index in [0.717, 1.165) is 5.56 Å². The summed E-state index contributed by atoms with van der Waals surface area (Å²) in [6, 6.07) is 7.32. The number of hydrogen-bond donors (Lipinski definition) is 1. The normalized spacial score (nSPS) is 12.4. The molecule has 1 atom stereocenters. The topological polar surface area (TPSA) is 68.4 Å². The monoisotopic (exact) mass is 234 g/mol. The van der Waals surface area contributed by atoms with E-state index in [-0.39, 0.29) is 6.61 Å². The minimum atomic E-state index is -0.573. The van der Waals surface area contributed by atoms with Crippen LogP contribution in [0.2, 0.25) is 0 Å². The Bertz CT molecular complexity index is 494. The van der Waals surface area contributed by atoms with Crippen molar-refractivity contribution in [1.82, 2.24) is 10.1 Å². The van der Waals surface area contributed by atoms with E-state index in [9.17, 15) is 5.11 Å². The molecule has 0 saturated carbocycles. The summed E-state index contributed by atoms with van der Waals surface area (Å²) in [5, 5.41) is 13.2. The van der Waals surface area contributed by atoms with Gasteiger partial charge in [-0.15, -0.1) is 0 Å². The molecule has 0 spiro atoms. The highest BCUT2D eigenvalue weighted by Gasteiger charge is 2.10. The van der Waals surface area contributed by atoms with Crippen molar-refractivity contribution in [2.75, 3.05) is 0 Å². The number of benzene rings is 1. The van der Waals surface area contributed by atoms with Crippen molar-refractivity contribution in [3.05, 3.63) is 41.5 Å². The zero-order valence-corrected chi connectivity index (χ0v) is 9.75. The number of aromatic nitrogens is 2. The van der Waals surface area contributed by atoms with E-state index in [1.54, 1.807) is 19.9 Å². The van der Waals surface area contributed by atoms with Crippen molar-refractivity contribution >= 4 is 0 Å². The van der Waals surface area contributed by atoms with Crippen molar-refractivity contribution in [2.24, 2.45) is 0 Å². The average molecular weight is 234 g/mol. The summed E-state index contributed by atoms with van der Waals surface area (Å²) >= 11 is 0. The van der Waals surface area contributed by atoms with Gasteiger partial charge in [-0.3, -0.25) is 0 Å². The standard InChI is InChI=1S/C12H14N2O3/c1-8(15)10-5-3-4-6-11(10)16-7-12-13-9(2)14-17-12/h3-6,8,15H,7H2,1-2H3/t8-/m1/s1. The van der Waals surface area contributed by atoms with Crippen LogP contribution in [0.25, 0.3) is 0 Å². The molecule has 0 unspecified atom stereocenters. The Morgan fingerprint density at radius 2 is 2.18 bits per heavy atom. The molecule has 17 heavy (non-hydrogen) atoms. The number of nitrogens with zero attached hydrogens (tertiary/aromatic N) is 2. The Morgan fingerprint density at radius 1 is 1.41 bits per heavy atom. The summed E-state index contributed by atoms with van der Waals surface area (Å²) in [4.78, 5) is 4.03. The van der Waals surface area contributed by atoms with E-state index < -0.39 is 6.10 Å². The Kier molecular flexibility index (Phi) is 3.39. The van der Waals surface area contributed by atoms with Gasteiger partial charge in [0, 0.05) is 5.56 Å². The van der Waals surface area contributed by atoms with Gasteiger partial charge in [-0.05, 0) is 19.9 Å². The van der Waals surface area contributed by atoms with Gasteiger partial charge in [-0.1, -0.05) is 23.4 Å². The highest BCUT2D eigenvalue weighted by Crippen LogP contribution is 2.25. The van der Waals surface area contributed by atoms with Crippen molar-refractivity contribution in [2.45, 2.75) is 26.6 Å². The number of aliphatic hydroxyl groups excluding tert-OH is 1. The summed E-state index contributed by atoms with van der Waals surface area (Å²) in [6.45, 7) is 3.64. The predicted molar refractivity (Wildman–Crippen MR) is 60.4 cm³/mol. The molecule has 5 nitrogen and oxygen atoms in total. The summed E-state index contributed by atoms with van der Waals surface area (Å²) in [5.74, 6) is 1.62. The van der Waals surface area contributed by atoms with Crippen LogP contribution < -0.4 is 4.74 Å². The minimum Gasteiger partial charge on any atom is -0.483 e. The van der Waals surface area contributed by atoms with E-state index in [4.69, 9.17) is 9.26 Å². The largest absolute Gasteiger partial charge is 0.483 e. The summed E-state index contributed by atoms with van der Waals surface area (Å²) in [6.07, 6.45) is -0.573. The molecular formula is C12H14N2O3. The maximum absolute atomic E-state index is 9.57. The number of hydrogen-bond acceptors (Lipinski definition) is 5. The third kappa shape index (κ3) is 2.82. The second-order valence-corrected chi connectivity index (χ2v) is 3.74. The lowest BCUT2D eigenvalue weighted by Gasteiger charge is -2.11. The molecular weight excluding hydrogens is 220 g/mol. The molecule has 0 aliphatic carbocycles. The summed E-state index contributed by atoms with van der Waals surface area (Å²) in [5.41, 5.74) is 0.740. The van der Waals surface area contributed by atoms with Gasteiger partial charge in [0.1, 0.15) is 5.75 Å². The molecule has 2 aromatic rings. The van der Waals surface area contributed by atoms with Gasteiger partial charge in [-0.2, -0.15) is 4.98 Å². The van der Waals surface area contributed by atoms with Crippen molar-refractivity contribution in [1.29, 1.82) is 0 Å². The Hall–Kier alpha value is -1.88. The number of aryl methyl sites for hydroxylation is 1. The van der Waals surface area contributed by atoms with Crippen LogP contribution in [0.3, 0.4) is 0 Å². The van der Waals surface area contributed by atoms with E-state index in [0.29, 0.717) is 17.5 Å². The number of para-hydroxylation sites is 1. The van der Waals surface area contributed by atoms with Gasteiger partial charge >= 0.3 is 0 Å². The maximum atomic E-state index is 9.57. The number of ether oxygens (including phenoxy) is 1. The summed E-state index contributed by atoms with van der Waals surface area (Å²) < 4.78 is 10.5. The molecule has 0 amide bonds. The fourth-order valence-corrected chi connectivity index (χ4v) is 1.50. The zero-order valence-electron chi connectivity index (χ0n) is 9.75. The Balaban J connectivity index is 2.08. The Morgan fingerprint density at radius 3 is 2.82 bits per heavy atom. The van der Waals surface area contributed by atoms with Crippen LogP contribution in [0.15, 0.2) is 28.8 Å². The zero-order chi connectivity index (χ0) is 12.3. The van der Waals surface area contributed by atoms with Crippen LogP contribution in [-0.4, -0.2) is 15.2 Å². The molecule has 2 rings (SSSR count). The third-order valence-corrected chi connectivity index (χ3v) is 2.29. The smallest absolute Gasteiger partial charge is 0.264 e. The van der Waals surface area contributed by atoms with Crippen LogP contribution in [0.4, 0.5) is 0 Å². The Labute approximate surface area is 99.0 Å². The molecule has 1 N–H and O–H groups in total. The van der Waals surface area contributed by atoms with E-state index >= 15 is 0 Å². The van der Waals surface area contributed by atoms with Crippen molar-refractivity contribution in [3.8, 4) is 5.75 Å². The third-order valence-electron chi connectivity index (χ3n) is 2.29. The van der Waals surface area contributed by atoms with Gasteiger partial charge < -0.3 is 14.4 Å². The molecule has 0 bridgehead atoms. The molecule has 90 valence electrons. The average Bonchev–Trinajstić information content (AvgIpc) is 2.73.